The molecule has 0 radical (unpaired) electrons. The van der Waals surface area contributed by atoms with Crippen molar-refractivity contribution < 1.29 is 37.3 Å². The highest BCUT2D eigenvalue weighted by Gasteiger charge is 2.20. The first-order chi connectivity index (χ1) is 28.6. The molecule has 0 aliphatic carbocycles. The van der Waals surface area contributed by atoms with E-state index in [0.29, 0.717) is 17.6 Å². The Bertz CT molecular complexity index is 1260. The average molecular weight is 844 g/mol. The fraction of sp³-hybridized carbons (Fsp3) is 0.660. The van der Waals surface area contributed by atoms with Crippen molar-refractivity contribution in [3.63, 3.8) is 0 Å². The predicted octanol–water partition coefficient (Wildman–Crippen LogP) is 13.2. The van der Waals surface area contributed by atoms with Gasteiger partial charge in [-0.1, -0.05) is 156 Å². The number of phosphoric ester groups is 1. The predicted molar refractivity (Wildman–Crippen MR) is 249 cm³/mol. The van der Waals surface area contributed by atoms with Crippen LogP contribution in [-0.4, -0.2) is 70.7 Å². The van der Waals surface area contributed by atoms with E-state index < -0.39 is 13.9 Å². The number of esters is 1. The molecular weight excluding hydrogens is 758 g/mol. The lowest BCUT2D eigenvalue weighted by molar-refractivity contribution is -0.870. The number of likely N-dealkylation sites (N-methyl/N-ethyl adjacent to an activating group) is 1. The minimum Gasteiger partial charge on any atom is -0.756 e. The highest BCUT2D eigenvalue weighted by molar-refractivity contribution is 7.45. The van der Waals surface area contributed by atoms with Gasteiger partial charge in [0, 0.05) is 13.0 Å². The molecule has 0 aromatic heterocycles. The van der Waals surface area contributed by atoms with Gasteiger partial charge in [-0.05, 0) is 89.9 Å². The molecular formula is C50H86NO7P. The minimum atomic E-state index is -4.54. The molecule has 9 heteroatoms. The first-order valence-electron chi connectivity index (χ1n) is 23.0. The molecule has 0 aliphatic heterocycles. The van der Waals surface area contributed by atoms with Crippen molar-refractivity contribution >= 4 is 13.8 Å². The fourth-order valence-electron chi connectivity index (χ4n) is 5.64. The molecule has 0 amide bonds. The van der Waals surface area contributed by atoms with Gasteiger partial charge in [0.2, 0.25) is 0 Å². The average Bonchev–Trinajstić information content (AvgIpc) is 3.19. The van der Waals surface area contributed by atoms with Gasteiger partial charge in [-0.25, -0.2) is 0 Å². The fourth-order valence-corrected chi connectivity index (χ4v) is 6.37. The van der Waals surface area contributed by atoms with E-state index in [1.165, 1.54) is 19.3 Å². The minimum absolute atomic E-state index is 0.0133. The molecule has 338 valence electrons. The molecule has 0 bridgehead atoms. The van der Waals surface area contributed by atoms with E-state index in [2.05, 4.69) is 111 Å². The highest BCUT2D eigenvalue weighted by atomic mass is 31.2. The van der Waals surface area contributed by atoms with Gasteiger partial charge in [0.1, 0.15) is 19.3 Å². The topological polar surface area (TPSA) is 94.1 Å². The zero-order valence-electron chi connectivity index (χ0n) is 38.2. The molecule has 0 saturated heterocycles. The van der Waals surface area contributed by atoms with Crippen molar-refractivity contribution in [3.8, 4) is 0 Å². The second-order valence-corrected chi connectivity index (χ2v) is 17.4. The van der Waals surface area contributed by atoms with Gasteiger partial charge in [0.05, 0.1) is 34.4 Å². The molecule has 0 N–H and O–H groups in total. The zero-order valence-corrected chi connectivity index (χ0v) is 39.1. The SMILES string of the molecule is CC/C=C\C/C=C\C/C=C\C/C=C\C/C=C\CCCCCCCCOCC(COP(=O)([O-])OCC[N+](C)(C)C)OC(=O)CCCCCCC/C=C\C/C=C\C/C=C\CC. The number of hydrogen-bond donors (Lipinski definition) is 0. The smallest absolute Gasteiger partial charge is 0.306 e. The van der Waals surface area contributed by atoms with Gasteiger partial charge < -0.3 is 27.9 Å². The summed E-state index contributed by atoms with van der Waals surface area (Å²) in [4.78, 5) is 25.1. The first kappa shape index (κ1) is 56.4. The number of ether oxygens (including phenoxy) is 2. The summed E-state index contributed by atoms with van der Waals surface area (Å²) in [6.07, 6.45) is 57.1. The van der Waals surface area contributed by atoms with Crippen molar-refractivity contribution in [1.82, 2.24) is 0 Å². The molecule has 59 heavy (non-hydrogen) atoms. The maximum Gasteiger partial charge on any atom is 0.306 e. The summed E-state index contributed by atoms with van der Waals surface area (Å²) in [6.45, 7) is 5.09. The Hall–Kier alpha value is -2.58. The van der Waals surface area contributed by atoms with Gasteiger partial charge in [0.25, 0.3) is 7.82 Å². The Balaban J connectivity index is 4.28. The van der Waals surface area contributed by atoms with E-state index in [9.17, 15) is 14.3 Å². The third-order valence-corrected chi connectivity index (χ3v) is 10.1. The summed E-state index contributed by atoms with van der Waals surface area (Å²) in [5, 5.41) is 0. The van der Waals surface area contributed by atoms with Crippen LogP contribution in [0.3, 0.4) is 0 Å². The molecule has 0 aromatic carbocycles. The van der Waals surface area contributed by atoms with Crippen LogP contribution in [0, 0.1) is 0 Å². The molecule has 0 saturated carbocycles. The highest BCUT2D eigenvalue weighted by Crippen LogP contribution is 2.38. The number of hydrogen-bond acceptors (Lipinski definition) is 7. The summed E-state index contributed by atoms with van der Waals surface area (Å²) >= 11 is 0. The van der Waals surface area contributed by atoms with Crippen LogP contribution in [0.4, 0.5) is 0 Å². The molecule has 0 heterocycles. The Morgan fingerprint density at radius 3 is 1.39 bits per heavy atom. The Morgan fingerprint density at radius 2 is 0.932 bits per heavy atom. The summed E-state index contributed by atoms with van der Waals surface area (Å²) in [6, 6.07) is 0. The number of rotatable bonds is 41. The number of quaternary nitrogens is 1. The van der Waals surface area contributed by atoms with Crippen molar-refractivity contribution in [2.75, 3.05) is 54.1 Å². The van der Waals surface area contributed by atoms with Crippen LogP contribution < -0.4 is 4.89 Å². The monoisotopic (exact) mass is 844 g/mol. The second-order valence-electron chi connectivity index (χ2n) is 16.0. The lowest BCUT2D eigenvalue weighted by Gasteiger charge is -2.28. The number of unbranched alkanes of at least 4 members (excludes halogenated alkanes) is 11. The molecule has 0 fully saturated rings. The molecule has 2 atom stereocenters. The Kier molecular flexibility index (Phi) is 40.3. The van der Waals surface area contributed by atoms with Crippen LogP contribution in [0.1, 0.15) is 155 Å². The van der Waals surface area contributed by atoms with Gasteiger partial charge in [-0.15, -0.1) is 0 Å². The summed E-state index contributed by atoms with van der Waals surface area (Å²) < 4.78 is 34.6. The molecule has 2 unspecified atom stereocenters. The van der Waals surface area contributed by atoms with E-state index >= 15 is 0 Å². The zero-order chi connectivity index (χ0) is 43.4. The van der Waals surface area contributed by atoms with Crippen LogP contribution in [0.5, 0.6) is 0 Å². The maximum absolute atomic E-state index is 12.7. The molecule has 8 nitrogen and oxygen atoms in total. The van der Waals surface area contributed by atoms with Crippen LogP contribution >= 0.6 is 7.82 Å². The number of carbonyl (C=O) groups excluding carboxylic acids is 1. The van der Waals surface area contributed by atoms with E-state index in [1.54, 1.807) is 0 Å². The normalized spacial score (nSPS) is 14.6. The number of allylic oxidation sites excluding steroid dienone is 16. The first-order valence-corrected chi connectivity index (χ1v) is 24.4. The number of phosphoric acid groups is 1. The van der Waals surface area contributed by atoms with Gasteiger partial charge in [-0.2, -0.15) is 0 Å². The number of nitrogens with zero attached hydrogens (tertiary/aromatic N) is 1. The largest absolute Gasteiger partial charge is 0.756 e. The quantitative estimate of drug-likeness (QED) is 0.0199. The molecule has 0 aliphatic rings. The van der Waals surface area contributed by atoms with Crippen LogP contribution in [-0.2, 0) is 27.9 Å². The van der Waals surface area contributed by atoms with Crippen LogP contribution in [0.25, 0.3) is 0 Å². The molecule has 0 spiro atoms. The van der Waals surface area contributed by atoms with Crippen LogP contribution in [0.2, 0.25) is 0 Å². The summed E-state index contributed by atoms with van der Waals surface area (Å²) in [5.74, 6) is -0.361. The van der Waals surface area contributed by atoms with E-state index in [4.69, 9.17) is 18.5 Å². The Labute approximate surface area is 362 Å². The van der Waals surface area contributed by atoms with E-state index in [0.717, 1.165) is 116 Å². The van der Waals surface area contributed by atoms with Gasteiger partial charge >= 0.3 is 5.97 Å². The van der Waals surface area contributed by atoms with Gasteiger partial charge in [-0.3, -0.25) is 9.36 Å². The Morgan fingerprint density at radius 1 is 0.525 bits per heavy atom. The third-order valence-electron chi connectivity index (χ3n) is 9.13. The lowest BCUT2D eigenvalue weighted by atomic mass is 10.1. The number of carbonyl (C=O) groups is 1. The maximum atomic E-state index is 12.7. The van der Waals surface area contributed by atoms with Crippen molar-refractivity contribution in [3.05, 3.63) is 97.2 Å². The van der Waals surface area contributed by atoms with Crippen LogP contribution in [0.15, 0.2) is 97.2 Å². The third kappa shape index (κ3) is 46.3. The summed E-state index contributed by atoms with van der Waals surface area (Å²) in [7, 11) is 1.31. The van der Waals surface area contributed by atoms with Crippen molar-refractivity contribution in [2.24, 2.45) is 0 Å². The molecule has 0 aromatic rings. The van der Waals surface area contributed by atoms with Gasteiger partial charge in [0.15, 0.2) is 0 Å². The standard InChI is InChI=1S/C50H86NO7P/c1-6-8-10-12-14-16-18-20-22-23-24-25-26-27-28-30-32-34-36-38-40-42-45-55-47-49(48-57-59(53,54)56-46-44-51(3,4)5)58-50(52)43-41-39-37-35-33-31-29-21-19-17-15-13-11-9-7-2/h8-11,14-17,20-22,24-25,27-29,49H,6-7,12-13,18-19,23,26,30-48H2,1-5H3/b10-8-,11-9-,16-14-,17-15-,22-20-,25-24-,28-27-,29-21-. The van der Waals surface area contributed by atoms with E-state index in [-0.39, 0.29) is 32.2 Å². The summed E-state index contributed by atoms with van der Waals surface area (Å²) in [5.41, 5.74) is 0. The van der Waals surface area contributed by atoms with E-state index in [1.807, 2.05) is 21.1 Å². The second kappa shape index (κ2) is 42.1. The van der Waals surface area contributed by atoms with Crippen molar-refractivity contribution in [2.45, 2.75) is 161 Å². The molecule has 0 rings (SSSR count). The van der Waals surface area contributed by atoms with Crippen molar-refractivity contribution in [1.29, 1.82) is 0 Å². The lowest BCUT2D eigenvalue weighted by Crippen LogP contribution is -2.37.